The second-order valence-corrected chi connectivity index (χ2v) is 7.98. The van der Waals surface area contributed by atoms with Crippen molar-refractivity contribution in [3.8, 4) is 6.07 Å². The smallest absolute Gasteiger partial charge is 0.0775 e. The average Bonchev–Trinajstić information content (AvgIpc) is 2.08. The topological polar surface area (TPSA) is 23.8 Å². The van der Waals surface area contributed by atoms with Gasteiger partial charge in [0.2, 0.25) is 0 Å². The molecule has 0 aliphatic heterocycles. The summed E-state index contributed by atoms with van der Waals surface area (Å²) < 4.78 is 0. The molecule has 0 saturated carbocycles. The first-order valence-electron chi connectivity index (χ1n) is 4.25. The minimum atomic E-state index is -1.20. The van der Waals surface area contributed by atoms with Gasteiger partial charge in [-0.15, -0.1) is 12.3 Å². The van der Waals surface area contributed by atoms with Gasteiger partial charge in [-0.1, -0.05) is 25.9 Å². The van der Waals surface area contributed by atoms with Crippen LogP contribution in [0.15, 0.2) is 12.3 Å². The maximum atomic E-state index is 8.45. The van der Waals surface area contributed by atoms with E-state index in [-0.39, 0.29) is 0 Å². The second kappa shape index (κ2) is 5.14. The number of hydrogen-bond donors (Lipinski definition) is 0. The summed E-state index contributed by atoms with van der Waals surface area (Å²) in [6.07, 6.45) is 0.708. The Morgan fingerprint density at radius 1 is 1.45 bits per heavy atom. The number of nitriles is 1. The van der Waals surface area contributed by atoms with Crippen LogP contribution in [-0.4, -0.2) is 8.07 Å². The van der Waals surface area contributed by atoms with Crippen molar-refractivity contribution in [1.29, 1.82) is 5.26 Å². The first-order valence-corrected chi connectivity index (χ1v) is 6.95. The van der Waals surface area contributed by atoms with Gasteiger partial charge in [-0.05, 0) is 6.04 Å². The zero-order valence-electron chi connectivity index (χ0n) is 7.56. The molecule has 0 aromatic carbocycles. The van der Waals surface area contributed by atoms with Crippen molar-refractivity contribution in [1.82, 2.24) is 0 Å². The lowest BCUT2D eigenvalue weighted by Gasteiger charge is -2.23. The van der Waals surface area contributed by atoms with E-state index in [0.29, 0.717) is 6.42 Å². The molecule has 0 saturated heterocycles. The van der Waals surface area contributed by atoms with Crippen molar-refractivity contribution in [2.45, 2.75) is 38.4 Å². The van der Waals surface area contributed by atoms with Gasteiger partial charge in [0.05, 0.1) is 14.1 Å². The first-order chi connectivity index (χ1) is 5.24. The summed E-state index contributed by atoms with van der Waals surface area (Å²) in [6.45, 7) is 8.31. The molecule has 0 radical (unpaired) electrons. The van der Waals surface area contributed by atoms with E-state index < -0.39 is 8.07 Å². The van der Waals surface area contributed by atoms with E-state index in [9.17, 15) is 0 Å². The largest absolute Gasteiger partial charge is 0.198 e. The summed E-state index contributed by atoms with van der Waals surface area (Å²) in [6, 6.07) is 5.77. The van der Waals surface area contributed by atoms with Gasteiger partial charge in [0.25, 0.3) is 0 Å². The molecule has 62 valence electrons. The third-order valence-electron chi connectivity index (χ3n) is 2.58. The Hall–Kier alpha value is -0.553. The number of hydrogen-bond acceptors (Lipinski definition) is 1. The van der Waals surface area contributed by atoms with Crippen molar-refractivity contribution >= 4 is 8.07 Å². The molecule has 0 rings (SSSR count). The van der Waals surface area contributed by atoms with Crippen LogP contribution in [0.25, 0.3) is 0 Å². The fourth-order valence-corrected chi connectivity index (χ4v) is 3.90. The van der Waals surface area contributed by atoms with Crippen LogP contribution in [0.4, 0.5) is 0 Å². The van der Waals surface area contributed by atoms with Gasteiger partial charge in [0.15, 0.2) is 0 Å². The predicted octanol–water partition coefficient (Wildman–Crippen LogP) is 3.11. The van der Waals surface area contributed by atoms with Gasteiger partial charge in [0, 0.05) is 6.42 Å². The highest BCUT2D eigenvalue weighted by Gasteiger charge is 2.23. The van der Waals surface area contributed by atoms with Crippen molar-refractivity contribution in [2.24, 2.45) is 0 Å². The van der Waals surface area contributed by atoms with E-state index in [1.165, 1.54) is 12.1 Å². The lowest BCUT2D eigenvalue weighted by atomic mass is 10.6. The first kappa shape index (κ1) is 10.4. The number of nitrogens with zero attached hydrogens (tertiary/aromatic N) is 1. The molecule has 11 heavy (non-hydrogen) atoms. The minimum absolute atomic E-state index is 0.708. The maximum Gasteiger partial charge on any atom is 0.0775 e. The van der Waals surface area contributed by atoms with E-state index in [2.05, 4.69) is 32.2 Å². The van der Waals surface area contributed by atoms with Crippen LogP contribution in [0.2, 0.25) is 18.1 Å². The highest BCUT2D eigenvalue weighted by Crippen LogP contribution is 2.22. The van der Waals surface area contributed by atoms with Gasteiger partial charge >= 0.3 is 0 Å². The molecule has 0 N–H and O–H groups in total. The summed E-state index contributed by atoms with van der Waals surface area (Å²) in [7, 11) is -1.20. The van der Waals surface area contributed by atoms with Gasteiger partial charge in [-0.3, -0.25) is 0 Å². The Bertz CT molecular complexity index is 153. The van der Waals surface area contributed by atoms with Crippen molar-refractivity contribution in [3.63, 3.8) is 0 Å². The molecule has 0 heterocycles. The van der Waals surface area contributed by atoms with Gasteiger partial charge < -0.3 is 0 Å². The second-order valence-electron chi connectivity index (χ2n) is 2.93. The third kappa shape index (κ3) is 2.90. The van der Waals surface area contributed by atoms with Gasteiger partial charge in [-0.2, -0.15) is 5.26 Å². The Balaban J connectivity index is 4.07. The molecule has 0 bridgehead atoms. The Labute approximate surface area is 70.7 Å². The van der Waals surface area contributed by atoms with Crippen LogP contribution in [-0.2, 0) is 0 Å². The van der Waals surface area contributed by atoms with E-state index in [4.69, 9.17) is 5.26 Å². The molecule has 2 heteroatoms. The Morgan fingerprint density at radius 3 is 2.27 bits per heavy atom. The fraction of sp³-hybridized carbons (Fsp3) is 0.667. The summed E-state index contributed by atoms with van der Waals surface area (Å²) >= 11 is 0. The molecular weight excluding hydrogens is 150 g/mol. The standard InChI is InChI=1S/C9H17NSi/c1-4-11(5-2,6-3)9-7-8-10/h4H,1,5-7,9H2,2-3H3. The molecule has 0 spiro atoms. The van der Waals surface area contributed by atoms with Crippen LogP contribution < -0.4 is 0 Å². The third-order valence-corrected chi connectivity index (χ3v) is 7.50. The average molecular weight is 167 g/mol. The molecule has 0 amide bonds. The monoisotopic (exact) mass is 167 g/mol. The van der Waals surface area contributed by atoms with E-state index in [0.717, 1.165) is 6.04 Å². The molecule has 0 aliphatic rings. The van der Waals surface area contributed by atoms with Crippen LogP contribution >= 0.6 is 0 Å². The molecule has 0 atom stereocenters. The predicted molar refractivity (Wildman–Crippen MR) is 52.0 cm³/mol. The number of rotatable bonds is 5. The molecular formula is C9H17NSi. The lowest BCUT2D eigenvalue weighted by Crippen LogP contribution is -2.29. The molecule has 1 nitrogen and oxygen atoms in total. The van der Waals surface area contributed by atoms with E-state index in [1.807, 2.05) is 0 Å². The molecule has 0 unspecified atom stereocenters. The molecule has 0 aromatic heterocycles. The summed E-state index contributed by atoms with van der Waals surface area (Å²) in [5.41, 5.74) is 2.14. The summed E-state index contributed by atoms with van der Waals surface area (Å²) in [5.74, 6) is 0. The van der Waals surface area contributed by atoms with Crippen molar-refractivity contribution in [2.75, 3.05) is 0 Å². The van der Waals surface area contributed by atoms with Crippen LogP contribution in [0.1, 0.15) is 20.3 Å². The SMILES string of the molecule is C=C[Si](CC)(CC)CCC#N. The Kier molecular flexibility index (Phi) is 4.89. The normalized spacial score (nSPS) is 10.6. The summed E-state index contributed by atoms with van der Waals surface area (Å²) in [4.78, 5) is 0. The van der Waals surface area contributed by atoms with E-state index in [1.54, 1.807) is 0 Å². The summed E-state index contributed by atoms with van der Waals surface area (Å²) in [5, 5.41) is 8.45. The van der Waals surface area contributed by atoms with Crippen molar-refractivity contribution < 1.29 is 0 Å². The highest BCUT2D eigenvalue weighted by atomic mass is 28.3. The van der Waals surface area contributed by atoms with E-state index >= 15 is 0 Å². The highest BCUT2D eigenvalue weighted by molar-refractivity contribution is 6.84. The van der Waals surface area contributed by atoms with Crippen LogP contribution in [0, 0.1) is 11.3 Å². The van der Waals surface area contributed by atoms with Crippen LogP contribution in [0.3, 0.4) is 0 Å². The minimum Gasteiger partial charge on any atom is -0.198 e. The van der Waals surface area contributed by atoms with Crippen molar-refractivity contribution in [3.05, 3.63) is 12.3 Å². The molecule has 0 fully saturated rings. The fourth-order valence-electron chi connectivity index (χ4n) is 1.30. The zero-order valence-corrected chi connectivity index (χ0v) is 8.56. The Morgan fingerprint density at radius 2 is 2.00 bits per heavy atom. The molecule has 0 aromatic rings. The van der Waals surface area contributed by atoms with Crippen LogP contribution in [0.5, 0.6) is 0 Å². The molecule has 0 aliphatic carbocycles. The lowest BCUT2D eigenvalue weighted by molar-refractivity contribution is 1.11. The van der Waals surface area contributed by atoms with Gasteiger partial charge in [0.1, 0.15) is 0 Å². The quantitative estimate of drug-likeness (QED) is 0.577. The zero-order chi connectivity index (χ0) is 8.74. The van der Waals surface area contributed by atoms with Gasteiger partial charge in [-0.25, -0.2) is 0 Å². The maximum absolute atomic E-state index is 8.45.